The molecule has 118 valence electrons. The van der Waals surface area contributed by atoms with Gasteiger partial charge in [0.1, 0.15) is 0 Å². The van der Waals surface area contributed by atoms with Crippen molar-refractivity contribution >= 4 is 28.1 Å². The molecule has 1 N–H and O–H groups in total. The maximum atomic E-state index is 12.6. The molecule has 1 aliphatic heterocycles. The van der Waals surface area contributed by atoms with Gasteiger partial charge in [0.05, 0.1) is 9.82 Å². The minimum Gasteiger partial charge on any atom is -0.313 e. The van der Waals surface area contributed by atoms with Crippen molar-refractivity contribution in [2.24, 2.45) is 0 Å². The van der Waals surface area contributed by atoms with Crippen molar-refractivity contribution in [1.29, 1.82) is 0 Å². The number of nitrogens with one attached hydrogen (secondary N) is 1. The predicted molar refractivity (Wildman–Crippen MR) is 81.4 cm³/mol. The largest absolute Gasteiger partial charge is 0.313 e. The second kappa shape index (κ2) is 6.27. The Morgan fingerprint density at radius 3 is 2.33 bits per heavy atom. The first-order valence-electron chi connectivity index (χ1n) is 6.19. The van der Waals surface area contributed by atoms with E-state index < -0.39 is 14.9 Å². The zero-order valence-corrected chi connectivity index (χ0v) is 13.6. The van der Waals surface area contributed by atoms with Crippen LogP contribution in [0.1, 0.15) is 11.1 Å². The molecule has 7 nitrogen and oxygen atoms in total. The van der Waals surface area contributed by atoms with Crippen LogP contribution in [-0.4, -0.2) is 43.8 Å². The molecule has 1 aliphatic rings. The number of benzene rings is 1. The van der Waals surface area contributed by atoms with E-state index in [4.69, 9.17) is 0 Å². The van der Waals surface area contributed by atoms with Gasteiger partial charge in [0.2, 0.25) is 10.0 Å². The van der Waals surface area contributed by atoms with Crippen LogP contribution in [0, 0.1) is 24.0 Å². The number of halogens is 1. The molecule has 0 atom stereocenters. The Morgan fingerprint density at radius 2 is 1.90 bits per heavy atom. The Labute approximate surface area is 129 Å². The first kappa shape index (κ1) is 17.8. The van der Waals surface area contributed by atoms with Crippen molar-refractivity contribution in [3.63, 3.8) is 0 Å². The van der Waals surface area contributed by atoms with Gasteiger partial charge in [-0.15, -0.1) is 12.4 Å². The average molecular weight is 336 g/mol. The molecule has 0 bridgehead atoms. The van der Waals surface area contributed by atoms with Crippen LogP contribution in [0.4, 0.5) is 5.69 Å². The molecule has 0 radical (unpaired) electrons. The normalized spacial score (nSPS) is 15.4. The Hall–Kier alpha value is -1.22. The number of non-ortho nitro benzene ring substituents is 1. The fourth-order valence-corrected chi connectivity index (χ4v) is 3.73. The lowest BCUT2D eigenvalue weighted by atomic mass is 10.1. The highest BCUT2D eigenvalue weighted by atomic mass is 35.5. The molecule has 1 saturated heterocycles. The number of hydrogen-bond donors (Lipinski definition) is 1. The quantitative estimate of drug-likeness (QED) is 0.660. The van der Waals surface area contributed by atoms with E-state index in [9.17, 15) is 18.5 Å². The fourth-order valence-electron chi connectivity index (χ4n) is 2.06. The van der Waals surface area contributed by atoms with Crippen LogP contribution in [-0.2, 0) is 10.0 Å². The maximum absolute atomic E-state index is 12.6. The zero-order chi connectivity index (χ0) is 15.1. The third kappa shape index (κ3) is 3.18. The van der Waals surface area contributed by atoms with Gasteiger partial charge in [0, 0.05) is 38.3 Å². The molecule has 0 aliphatic carbocycles. The van der Waals surface area contributed by atoms with Crippen LogP contribution in [0.15, 0.2) is 17.0 Å². The summed E-state index contributed by atoms with van der Waals surface area (Å²) in [6.07, 6.45) is 0. The van der Waals surface area contributed by atoms with E-state index in [0.29, 0.717) is 24.2 Å². The van der Waals surface area contributed by atoms with Crippen LogP contribution in [0.3, 0.4) is 0 Å². The molecule has 1 aromatic rings. The van der Waals surface area contributed by atoms with Gasteiger partial charge in [-0.2, -0.15) is 4.31 Å². The fraction of sp³-hybridized carbons (Fsp3) is 0.500. The van der Waals surface area contributed by atoms with E-state index in [-0.39, 0.29) is 29.0 Å². The van der Waals surface area contributed by atoms with E-state index in [1.54, 1.807) is 13.8 Å². The molecule has 0 unspecified atom stereocenters. The van der Waals surface area contributed by atoms with E-state index in [1.165, 1.54) is 17.4 Å². The van der Waals surface area contributed by atoms with Gasteiger partial charge in [0.15, 0.2) is 0 Å². The van der Waals surface area contributed by atoms with E-state index in [0.717, 1.165) is 6.07 Å². The topological polar surface area (TPSA) is 92.5 Å². The van der Waals surface area contributed by atoms with Crippen molar-refractivity contribution in [3.8, 4) is 0 Å². The van der Waals surface area contributed by atoms with Crippen LogP contribution >= 0.6 is 12.4 Å². The second-order valence-corrected chi connectivity index (χ2v) is 6.94. The highest BCUT2D eigenvalue weighted by Crippen LogP contribution is 2.28. The summed E-state index contributed by atoms with van der Waals surface area (Å²) in [6.45, 7) is 4.54. The third-order valence-electron chi connectivity index (χ3n) is 3.75. The summed E-state index contributed by atoms with van der Waals surface area (Å²) in [7, 11) is -2.21. The summed E-state index contributed by atoms with van der Waals surface area (Å²) in [5.41, 5.74) is 0.944. The zero-order valence-electron chi connectivity index (χ0n) is 12.0. The lowest BCUT2D eigenvalue weighted by Crippen LogP contribution is -2.57. The summed E-state index contributed by atoms with van der Waals surface area (Å²) >= 11 is 0. The molecule has 1 fully saturated rings. The third-order valence-corrected chi connectivity index (χ3v) is 5.78. The number of hydrogen-bond acceptors (Lipinski definition) is 5. The van der Waals surface area contributed by atoms with Crippen molar-refractivity contribution in [2.45, 2.75) is 24.8 Å². The van der Waals surface area contributed by atoms with Crippen LogP contribution in [0.25, 0.3) is 0 Å². The molecular weight excluding hydrogens is 318 g/mol. The Morgan fingerprint density at radius 1 is 1.33 bits per heavy atom. The molecule has 0 spiro atoms. The average Bonchev–Trinajstić information content (AvgIpc) is 2.29. The molecule has 0 amide bonds. The number of sulfonamides is 1. The van der Waals surface area contributed by atoms with Crippen LogP contribution in [0.5, 0.6) is 0 Å². The summed E-state index contributed by atoms with van der Waals surface area (Å²) in [4.78, 5) is 10.3. The molecule has 9 heteroatoms. The van der Waals surface area contributed by atoms with Crippen molar-refractivity contribution < 1.29 is 13.3 Å². The smallest absolute Gasteiger partial charge is 0.271 e. The summed E-state index contributed by atoms with van der Waals surface area (Å²) in [5.74, 6) is 0. The molecule has 1 aromatic carbocycles. The molecule has 21 heavy (non-hydrogen) atoms. The summed E-state index contributed by atoms with van der Waals surface area (Å²) < 4.78 is 26.5. The van der Waals surface area contributed by atoms with E-state index in [1.807, 2.05) is 0 Å². The second-order valence-electron chi connectivity index (χ2n) is 4.98. The van der Waals surface area contributed by atoms with Gasteiger partial charge in [0.25, 0.3) is 5.69 Å². The van der Waals surface area contributed by atoms with Crippen LogP contribution in [0.2, 0.25) is 0 Å². The molecule has 1 heterocycles. The first-order chi connectivity index (χ1) is 9.25. The van der Waals surface area contributed by atoms with E-state index in [2.05, 4.69) is 5.32 Å². The highest BCUT2D eigenvalue weighted by Gasteiger charge is 2.33. The monoisotopic (exact) mass is 335 g/mol. The lowest BCUT2D eigenvalue weighted by molar-refractivity contribution is -0.385. The standard InChI is InChI=1S/C12H17N3O4S.ClH/c1-8-4-10(15(16)17)5-12(9(8)2)20(18,19)14(3)11-6-13-7-11;/h4-5,11,13H,6-7H2,1-3H3;1H. The molecule has 0 saturated carbocycles. The Balaban J connectivity index is 0.00000220. The molecular formula is C12H18ClN3O4S. The minimum absolute atomic E-state index is 0. The minimum atomic E-state index is -3.72. The number of likely N-dealkylation sites (N-methyl/N-ethyl adjacent to an activating group) is 1. The first-order valence-corrected chi connectivity index (χ1v) is 7.63. The summed E-state index contributed by atoms with van der Waals surface area (Å²) in [6, 6.07) is 2.43. The molecule has 0 aromatic heterocycles. The van der Waals surface area contributed by atoms with Gasteiger partial charge >= 0.3 is 0 Å². The summed E-state index contributed by atoms with van der Waals surface area (Å²) in [5, 5.41) is 13.9. The molecule has 2 rings (SSSR count). The van der Waals surface area contributed by atoms with Crippen LogP contribution < -0.4 is 5.32 Å². The van der Waals surface area contributed by atoms with Crippen molar-refractivity contribution in [1.82, 2.24) is 9.62 Å². The van der Waals surface area contributed by atoms with Gasteiger partial charge in [-0.25, -0.2) is 8.42 Å². The number of nitrogens with zero attached hydrogens (tertiary/aromatic N) is 2. The van der Waals surface area contributed by atoms with E-state index >= 15 is 0 Å². The SMILES string of the molecule is Cc1cc([N+](=O)[O-])cc(S(=O)(=O)N(C)C2CNC2)c1C.Cl. The number of nitro groups is 1. The number of nitro benzene ring substituents is 1. The predicted octanol–water partition coefficient (Wildman–Crippen LogP) is 1.23. The van der Waals surface area contributed by atoms with Gasteiger partial charge in [-0.05, 0) is 25.0 Å². The Kier molecular flexibility index (Phi) is 5.32. The van der Waals surface area contributed by atoms with Crippen molar-refractivity contribution in [3.05, 3.63) is 33.4 Å². The maximum Gasteiger partial charge on any atom is 0.271 e. The highest BCUT2D eigenvalue weighted by molar-refractivity contribution is 7.89. The van der Waals surface area contributed by atoms with Crippen molar-refractivity contribution in [2.75, 3.05) is 20.1 Å². The number of rotatable bonds is 4. The Bertz CT molecular complexity index is 659. The van der Waals surface area contributed by atoms with Gasteiger partial charge in [-0.3, -0.25) is 10.1 Å². The lowest BCUT2D eigenvalue weighted by Gasteiger charge is -2.35. The van der Waals surface area contributed by atoms with Gasteiger partial charge < -0.3 is 5.32 Å². The number of aryl methyl sites for hydroxylation is 1. The van der Waals surface area contributed by atoms with Gasteiger partial charge in [-0.1, -0.05) is 0 Å².